The first kappa shape index (κ1) is 11.4. The van der Waals surface area contributed by atoms with E-state index in [9.17, 15) is 4.79 Å². The van der Waals surface area contributed by atoms with Crippen molar-refractivity contribution >= 4 is 33.5 Å². The topological polar surface area (TPSA) is 50.2 Å². The van der Waals surface area contributed by atoms with Gasteiger partial charge in [-0.3, -0.25) is 0 Å². The maximum Gasteiger partial charge on any atom is 0.337 e. The van der Waals surface area contributed by atoms with Crippen molar-refractivity contribution in [3.63, 3.8) is 0 Å². The van der Waals surface area contributed by atoms with Gasteiger partial charge in [0.05, 0.1) is 5.56 Å². The number of aromatic carboxylic acids is 1. The second kappa shape index (κ2) is 5.97. The van der Waals surface area contributed by atoms with Crippen molar-refractivity contribution < 1.29 is 9.90 Å². The molecule has 0 saturated heterocycles. The predicted octanol–water partition coefficient (Wildman–Crippen LogP) is 2.44. The normalized spacial score (nSPS) is 8.25. The van der Waals surface area contributed by atoms with Crippen LogP contribution in [0.5, 0.6) is 0 Å². The highest BCUT2D eigenvalue weighted by Crippen LogP contribution is 2.04. The molecule has 66 valence electrons. The minimum atomic E-state index is -0.996. The Morgan fingerprint density at radius 1 is 1.58 bits per heavy atom. The Kier molecular flexibility index (Phi) is 5.66. The molecule has 0 bridgehead atoms. The van der Waals surface area contributed by atoms with Crippen LogP contribution in [0.4, 0.5) is 0 Å². The first-order chi connectivity index (χ1) is 5.70. The van der Waals surface area contributed by atoms with Gasteiger partial charge in [-0.05, 0) is 18.0 Å². The van der Waals surface area contributed by atoms with Gasteiger partial charge in [0.1, 0.15) is 5.15 Å². The molecule has 1 heterocycles. The fourth-order valence-corrected chi connectivity index (χ4v) is 0.614. The number of hydrogen-bond acceptors (Lipinski definition) is 2. The second-order valence-electron chi connectivity index (χ2n) is 1.67. The number of carbonyl (C=O) groups is 1. The number of carboxylic acid groups (broad SMARTS) is 1. The van der Waals surface area contributed by atoms with Gasteiger partial charge in [0.15, 0.2) is 0 Å². The van der Waals surface area contributed by atoms with Gasteiger partial charge in [0, 0.05) is 6.20 Å². The molecular formula is C7H7BrClNO2. The largest absolute Gasteiger partial charge is 0.478 e. The smallest absolute Gasteiger partial charge is 0.337 e. The maximum atomic E-state index is 10.2. The average molecular weight is 252 g/mol. The van der Waals surface area contributed by atoms with Gasteiger partial charge in [-0.25, -0.2) is 9.78 Å². The van der Waals surface area contributed by atoms with Crippen LogP contribution in [-0.2, 0) is 0 Å². The summed E-state index contributed by atoms with van der Waals surface area (Å²) in [5.74, 6) is 0.816. The molecule has 3 nitrogen and oxygen atoms in total. The van der Waals surface area contributed by atoms with E-state index in [4.69, 9.17) is 16.7 Å². The van der Waals surface area contributed by atoms with Gasteiger partial charge in [-0.15, -0.1) is 0 Å². The first-order valence-corrected chi connectivity index (χ1v) is 4.89. The fourth-order valence-electron chi connectivity index (χ4n) is 0.502. The molecule has 5 heteroatoms. The minimum Gasteiger partial charge on any atom is -0.478 e. The average Bonchev–Trinajstić information content (AvgIpc) is 2.09. The van der Waals surface area contributed by atoms with E-state index in [0.717, 1.165) is 0 Å². The minimum absolute atomic E-state index is 0.143. The molecule has 1 N–H and O–H groups in total. The van der Waals surface area contributed by atoms with Gasteiger partial charge in [0.2, 0.25) is 0 Å². The summed E-state index contributed by atoms with van der Waals surface area (Å²) in [5.41, 5.74) is 0.143. The van der Waals surface area contributed by atoms with E-state index in [1.54, 1.807) is 0 Å². The van der Waals surface area contributed by atoms with Crippen LogP contribution >= 0.6 is 27.5 Å². The standard InChI is InChI=1S/C6H4ClNO2.CH3Br/c7-5-2-1-4(3-8-5)6(9)10;1-2/h1-3H,(H,9,10);1H3. The molecule has 0 radical (unpaired) electrons. The van der Waals surface area contributed by atoms with Gasteiger partial charge in [-0.2, -0.15) is 0 Å². The highest BCUT2D eigenvalue weighted by Gasteiger charge is 2.00. The van der Waals surface area contributed by atoms with E-state index >= 15 is 0 Å². The van der Waals surface area contributed by atoms with Crippen LogP contribution in [-0.4, -0.2) is 21.9 Å². The summed E-state index contributed by atoms with van der Waals surface area (Å²) in [7, 11) is 0. The molecule has 0 aliphatic carbocycles. The van der Waals surface area contributed by atoms with Crippen molar-refractivity contribution in [3.05, 3.63) is 29.0 Å². The lowest BCUT2D eigenvalue weighted by Gasteiger charge is -1.90. The lowest BCUT2D eigenvalue weighted by atomic mass is 10.3. The molecule has 1 aromatic heterocycles. The van der Waals surface area contributed by atoms with Crippen LogP contribution in [0, 0.1) is 0 Å². The molecule has 0 saturated carbocycles. The predicted molar refractivity (Wildman–Crippen MR) is 51.1 cm³/mol. The third kappa shape index (κ3) is 3.69. The van der Waals surface area contributed by atoms with Crippen molar-refractivity contribution in [1.82, 2.24) is 4.98 Å². The summed E-state index contributed by atoms with van der Waals surface area (Å²) in [6, 6.07) is 2.84. The van der Waals surface area contributed by atoms with Gasteiger partial charge >= 0.3 is 5.97 Å². The molecule has 0 unspecified atom stereocenters. The third-order valence-corrected chi connectivity index (χ3v) is 1.20. The quantitative estimate of drug-likeness (QED) is 0.617. The van der Waals surface area contributed by atoms with E-state index in [1.807, 2.05) is 5.83 Å². The van der Waals surface area contributed by atoms with Crippen molar-refractivity contribution in [3.8, 4) is 0 Å². The summed E-state index contributed by atoms with van der Waals surface area (Å²) in [5, 5.41) is 8.69. The maximum absolute atomic E-state index is 10.2. The number of rotatable bonds is 1. The molecule has 0 amide bonds. The Balaban J connectivity index is 0.000000561. The number of alkyl halides is 1. The zero-order valence-corrected chi connectivity index (χ0v) is 8.63. The molecule has 0 spiro atoms. The number of nitrogens with zero attached hydrogens (tertiary/aromatic N) is 1. The second-order valence-corrected chi connectivity index (χ2v) is 2.06. The molecular weight excluding hydrogens is 245 g/mol. The number of carboxylic acids is 1. The Morgan fingerprint density at radius 3 is 2.50 bits per heavy atom. The third-order valence-electron chi connectivity index (χ3n) is 0.974. The summed E-state index contributed by atoms with van der Waals surface area (Å²) in [6.07, 6.45) is 1.21. The van der Waals surface area contributed by atoms with Crippen LogP contribution in [0.3, 0.4) is 0 Å². The molecule has 0 atom stereocenters. The number of hydrogen-bond donors (Lipinski definition) is 1. The molecule has 0 aliphatic heterocycles. The Bertz CT molecular complexity index is 250. The Hall–Kier alpha value is -0.610. The van der Waals surface area contributed by atoms with Crippen molar-refractivity contribution in [2.24, 2.45) is 0 Å². The van der Waals surface area contributed by atoms with Crippen LogP contribution < -0.4 is 0 Å². The number of halogens is 2. The van der Waals surface area contributed by atoms with E-state index in [0.29, 0.717) is 5.15 Å². The highest BCUT2D eigenvalue weighted by atomic mass is 79.9. The number of pyridine rings is 1. The Morgan fingerprint density at radius 2 is 2.17 bits per heavy atom. The van der Waals surface area contributed by atoms with Crippen molar-refractivity contribution in [2.75, 3.05) is 5.83 Å². The van der Waals surface area contributed by atoms with Crippen molar-refractivity contribution in [2.45, 2.75) is 0 Å². The fraction of sp³-hybridized carbons (Fsp3) is 0.143. The zero-order valence-electron chi connectivity index (χ0n) is 6.29. The van der Waals surface area contributed by atoms with Crippen LogP contribution in [0.2, 0.25) is 5.15 Å². The van der Waals surface area contributed by atoms with Crippen molar-refractivity contribution in [1.29, 1.82) is 0 Å². The molecule has 1 aromatic rings. The van der Waals surface area contributed by atoms with Crippen LogP contribution in [0.25, 0.3) is 0 Å². The van der Waals surface area contributed by atoms with Gasteiger partial charge in [-0.1, -0.05) is 27.5 Å². The van der Waals surface area contributed by atoms with E-state index in [2.05, 4.69) is 20.9 Å². The molecule has 0 aromatic carbocycles. The summed E-state index contributed by atoms with van der Waals surface area (Å²) in [6.45, 7) is 0. The van der Waals surface area contributed by atoms with E-state index < -0.39 is 5.97 Å². The molecule has 12 heavy (non-hydrogen) atoms. The SMILES string of the molecule is CBr.O=C(O)c1ccc(Cl)nc1. The zero-order chi connectivity index (χ0) is 9.56. The number of aromatic nitrogens is 1. The van der Waals surface area contributed by atoms with Gasteiger partial charge in [0.25, 0.3) is 0 Å². The summed E-state index contributed by atoms with van der Waals surface area (Å²) in [4.78, 5) is 13.8. The molecule has 1 rings (SSSR count). The van der Waals surface area contributed by atoms with Gasteiger partial charge < -0.3 is 5.11 Å². The molecule has 0 aliphatic rings. The highest BCUT2D eigenvalue weighted by molar-refractivity contribution is 9.08. The van der Waals surface area contributed by atoms with E-state index in [1.165, 1.54) is 18.3 Å². The summed E-state index contributed by atoms with van der Waals surface area (Å²) < 4.78 is 0. The van der Waals surface area contributed by atoms with Crippen LogP contribution in [0.1, 0.15) is 10.4 Å². The monoisotopic (exact) mass is 251 g/mol. The first-order valence-electron chi connectivity index (χ1n) is 2.93. The summed E-state index contributed by atoms with van der Waals surface area (Å²) >= 11 is 8.35. The molecule has 0 fully saturated rings. The van der Waals surface area contributed by atoms with E-state index in [-0.39, 0.29) is 5.56 Å². The lowest BCUT2D eigenvalue weighted by Crippen LogP contribution is -1.95. The lowest BCUT2D eigenvalue weighted by molar-refractivity contribution is 0.0696. The van der Waals surface area contributed by atoms with Crippen LogP contribution in [0.15, 0.2) is 18.3 Å². The Labute approximate surface area is 83.5 Å².